The number of hydrogen-bond acceptors (Lipinski definition) is 3. The predicted molar refractivity (Wildman–Crippen MR) is 108 cm³/mol. The monoisotopic (exact) mass is 382 g/mol. The minimum absolute atomic E-state index is 0.0279. The van der Waals surface area contributed by atoms with Crippen molar-refractivity contribution in [2.45, 2.75) is 25.3 Å². The number of aromatic nitrogens is 2. The maximum atomic E-state index is 12.4. The van der Waals surface area contributed by atoms with Gasteiger partial charge in [0.15, 0.2) is 0 Å². The number of carbonyl (C=O) groups excluding carboxylic acids is 1. The lowest BCUT2D eigenvalue weighted by Crippen LogP contribution is -2.42. The Bertz CT molecular complexity index is 906. The normalized spacial score (nSPS) is 17.9. The molecule has 1 saturated heterocycles. The van der Waals surface area contributed by atoms with Crippen molar-refractivity contribution >= 4 is 28.5 Å². The third-order valence-corrected chi connectivity index (χ3v) is 5.47. The Labute approximate surface area is 163 Å². The molecule has 3 aromatic rings. The summed E-state index contributed by atoms with van der Waals surface area (Å²) < 4.78 is 0. The molecule has 1 atom stereocenters. The molecule has 2 aromatic carbocycles. The molecule has 1 aliphatic heterocycles. The summed E-state index contributed by atoms with van der Waals surface area (Å²) >= 11 is 6.15. The third-order valence-electron chi connectivity index (χ3n) is 5.10. The van der Waals surface area contributed by atoms with Crippen LogP contribution in [0.15, 0.2) is 48.5 Å². The van der Waals surface area contributed by atoms with E-state index in [1.807, 2.05) is 42.5 Å². The summed E-state index contributed by atoms with van der Waals surface area (Å²) in [7, 11) is 0. The van der Waals surface area contributed by atoms with Crippen LogP contribution < -0.4 is 5.32 Å². The van der Waals surface area contributed by atoms with Crippen molar-refractivity contribution in [3.8, 4) is 0 Å². The van der Waals surface area contributed by atoms with Crippen LogP contribution in [0.2, 0.25) is 5.02 Å². The van der Waals surface area contributed by atoms with Crippen LogP contribution in [-0.2, 0) is 11.3 Å². The lowest BCUT2D eigenvalue weighted by atomic mass is 9.97. The van der Waals surface area contributed by atoms with Gasteiger partial charge in [0.25, 0.3) is 0 Å². The summed E-state index contributed by atoms with van der Waals surface area (Å²) in [6.45, 7) is 2.65. The lowest BCUT2D eigenvalue weighted by molar-refractivity contribution is -0.122. The number of halogens is 1. The topological polar surface area (TPSA) is 61.0 Å². The van der Waals surface area contributed by atoms with Gasteiger partial charge < -0.3 is 10.3 Å². The van der Waals surface area contributed by atoms with Crippen LogP contribution in [-0.4, -0.2) is 40.4 Å². The Kier molecular flexibility index (Phi) is 5.41. The van der Waals surface area contributed by atoms with Crippen molar-refractivity contribution in [2.75, 3.05) is 19.6 Å². The summed E-state index contributed by atoms with van der Waals surface area (Å²) in [5.41, 5.74) is 3.01. The number of amides is 1. The van der Waals surface area contributed by atoms with Gasteiger partial charge in [-0.05, 0) is 43.1 Å². The van der Waals surface area contributed by atoms with E-state index < -0.39 is 0 Å². The largest absolute Gasteiger partial charge is 0.351 e. The molecule has 1 aliphatic rings. The minimum atomic E-state index is 0.0279. The fraction of sp³-hybridized carbons (Fsp3) is 0.333. The Balaban J connectivity index is 1.34. The van der Waals surface area contributed by atoms with Crippen molar-refractivity contribution in [2.24, 2.45) is 0 Å². The number of nitrogens with zero attached hydrogens (tertiary/aromatic N) is 2. The lowest BCUT2D eigenvalue weighted by Gasteiger charge is -2.31. The van der Waals surface area contributed by atoms with E-state index in [1.54, 1.807) is 0 Å². The maximum Gasteiger partial charge on any atom is 0.234 e. The highest BCUT2D eigenvalue weighted by Crippen LogP contribution is 2.26. The highest BCUT2D eigenvalue weighted by molar-refractivity contribution is 6.31. The fourth-order valence-electron chi connectivity index (χ4n) is 3.68. The van der Waals surface area contributed by atoms with Crippen LogP contribution in [0.25, 0.3) is 11.0 Å². The highest BCUT2D eigenvalue weighted by atomic mass is 35.5. The predicted octanol–water partition coefficient (Wildman–Crippen LogP) is 3.71. The van der Waals surface area contributed by atoms with E-state index in [0.29, 0.717) is 24.0 Å². The zero-order valence-corrected chi connectivity index (χ0v) is 15.9. The van der Waals surface area contributed by atoms with E-state index in [1.165, 1.54) is 0 Å². The highest BCUT2D eigenvalue weighted by Gasteiger charge is 2.25. The number of hydrogen-bond donors (Lipinski definition) is 2. The average molecular weight is 383 g/mol. The molecule has 5 nitrogen and oxygen atoms in total. The zero-order valence-electron chi connectivity index (χ0n) is 15.1. The standard InChI is InChI=1S/C21H23ClN4O/c22-17-8-2-1-6-15(17)12-23-20(27)14-26-11-5-7-16(13-26)21-24-18-9-3-4-10-19(18)25-21/h1-4,6,8-10,16H,5,7,11-14H2,(H,23,27)(H,24,25)/t16-/m1/s1. The summed E-state index contributed by atoms with van der Waals surface area (Å²) in [6.07, 6.45) is 2.16. The van der Waals surface area contributed by atoms with Crippen LogP contribution in [0.4, 0.5) is 0 Å². The molecular formula is C21H23ClN4O. The SMILES string of the molecule is O=C(CN1CCC[C@@H](c2nc3ccccc3[nH]2)C1)NCc1ccccc1Cl. The van der Waals surface area contributed by atoms with Gasteiger partial charge in [0.05, 0.1) is 17.6 Å². The van der Waals surface area contributed by atoms with Gasteiger partial charge in [-0.3, -0.25) is 9.69 Å². The van der Waals surface area contributed by atoms with Gasteiger partial charge in [-0.25, -0.2) is 4.98 Å². The second-order valence-electron chi connectivity index (χ2n) is 7.08. The van der Waals surface area contributed by atoms with Gasteiger partial charge in [0, 0.05) is 24.0 Å². The molecule has 0 unspecified atom stereocenters. The number of nitrogens with one attached hydrogen (secondary N) is 2. The van der Waals surface area contributed by atoms with Gasteiger partial charge in [-0.15, -0.1) is 0 Å². The number of rotatable bonds is 5. The first-order chi connectivity index (χ1) is 13.2. The molecule has 140 valence electrons. The number of imidazole rings is 1. The molecule has 0 radical (unpaired) electrons. The average Bonchev–Trinajstić information content (AvgIpc) is 3.12. The summed E-state index contributed by atoms with van der Waals surface area (Å²) in [5.74, 6) is 1.39. The molecule has 1 amide bonds. The first-order valence-electron chi connectivity index (χ1n) is 9.36. The van der Waals surface area contributed by atoms with Crippen LogP contribution >= 0.6 is 11.6 Å². The first-order valence-corrected chi connectivity index (χ1v) is 9.74. The smallest absolute Gasteiger partial charge is 0.234 e. The van der Waals surface area contributed by atoms with Crippen LogP contribution in [0.1, 0.15) is 30.1 Å². The second-order valence-corrected chi connectivity index (χ2v) is 7.49. The molecule has 1 aromatic heterocycles. The molecule has 0 bridgehead atoms. The molecule has 1 fully saturated rings. The summed E-state index contributed by atoms with van der Waals surface area (Å²) in [6, 6.07) is 15.7. The number of H-pyrrole nitrogens is 1. The van der Waals surface area contributed by atoms with Crippen molar-refractivity contribution in [1.29, 1.82) is 0 Å². The minimum Gasteiger partial charge on any atom is -0.351 e. The Morgan fingerprint density at radius 2 is 2.04 bits per heavy atom. The van der Waals surface area contributed by atoms with Gasteiger partial charge in [-0.2, -0.15) is 0 Å². The summed E-state index contributed by atoms with van der Waals surface area (Å²) in [4.78, 5) is 22.7. The van der Waals surface area contributed by atoms with Crippen molar-refractivity contribution < 1.29 is 4.79 Å². The molecule has 2 N–H and O–H groups in total. The number of likely N-dealkylation sites (tertiary alicyclic amines) is 1. The van der Waals surface area contributed by atoms with Crippen LogP contribution in [0.3, 0.4) is 0 Å². The Morgan fingerprint density at radius 3 is 2.89 bits per heavy atom. The zero-order chi connectivity index (χ0) is 18.6. The Hall–Kier alpha value is -2.37. The third kappa shape index (κ3) is 4.31. The number of benzene rings is 2. The molecule has 2 heterocycles. The number of para-hydroxylation sites is 2. The first kappa shape index (κ1) is 18.0. The number of carbonyl (C=O) groups is 1. The van der Waals surface area contributed by atoms with E-state index in [-0.39, 0.29) is 5.91 Å². The number of aromatic amines is 1. The van der Waals surface area contributed by atoms with Gasteiger partial charge in [0.1, 0.15) is 5.82 Å². The van der Waals surface area contributed by atoms with E-state index in [0.717, 1.165) is 48.4 Å². The number of piperidine rings is 1. The quantitative estimate of drug-likeness (QED) is 0.707. The second kappa shape index (κ2) is 8.11. The van der Waals surface area contributed by atoms with E-state index in [9.17, 15) is 4.79 Å². The van der Waals surface area contributed by atoms with E-state index in [2.05, 4.69) is 21.3 Å². The molecule has 0 aliphatic carbocycles. The van der Waals surface area contributed by atoms with Gasteiger partial charge in [0.2, 0.25) is 5.91 Å². The molecule has 6 heteroatoms. The Morgan fingerprint density at radius 1 is 1.22 bits per heavy atom. The van der Waals surface area contributed by atoms with Crippen LogP contribution in [0, 0.1) is 0 Å². The summed E-state index contributed by atoms with van der Waals surface area (Å²) in [5, 5.41) is 3.66. The maximum absolute atomic E-state index is 12.4. The fourth-order valence-corrected chi connectivity index (χ4v) is 3.89. The van der Waals surface area contributed by atoms with Gasteiger partial charge in [-0.1, -0.05) is 41.9 Å². The van der Waals surface area contributed by atoms with Crippen molar-refractivity contribution in [3.63, 3.8) is 0 Å². The number of fused-ring (bicyclic) bond motifs is 1. The van der Waals surface area contributed by atoms with E-state index >= 15 is 0 Å². The molecule has 27 heavy (non-hydrogen) atoms. The van der Waals surface area contributed by atoms with Crippen molar-refractivity contribution in [3.05, 3.63) is 64.9 Å². The van der Waals surface area contributed by atoms with Crippen LogP contribution in [0.5, 0.6) is 0 Å². The van der Waals surface area contributed by atoms with Crippen molar-refractivity contribution in [1.82, 2.24) is 20.2 Å². The molecule has 4 rings (SSSR count). The van der Waals surface area contributed by atoms with E-state index in [4.69, 9.17) is 16.6 Å². The van der Waals surface area contributed by atoms with Gasteiger partial charge >= 0.3 is 0 Å². The molecule has 0 spiro atoms. The molecule has 0 saturated carbocycles. The molecular weight excluding hydrogens is 360 g/mol.